The number of halogens is 1. The quantitative estimate of drug-likeness (QED) is 0.595. The van der Waals surface area contributed by atoms with Crippen LogP contribution in [0.15, 0.2) is 66.2 Å². The van der Waals surface area contributed by atoms with Crippen LogP contribution in [0.2, 0.25) is 0 Å². The number of methoxy groups -OCH3 is 1. The monoisotopic (exact) mass is 405 g/mol. The molecule has 3 aromatic rings. The highest BCUT2D eigenvalue weighted by molar-refractivity contribution is 5.99. The normalized spacial score (nSPS) is 18.9. The molecule has 0 saturated heterocycles. The summed E-state index contributed by atoms with van der Waals surface area (Å²) in [5.41, 5.74) is 4.48. The van der Waals surface area contributed by atoms with Crippen molar-refractivity contribution in [1.82, 2.24) is 9.55 Å². The van der Waals surface area contributed by atoms with Crippen molar-refractivity contribution in [3.8, 4) is 11.4 Å². The van der Waals surface area contributed by atoms with Gasteiger partial charge in [0.25, 0.3) is 0 Å². The van der Waals surface area contributed by atoms with Crippen LogP contribution in [0.3, 0.4) is 0 Å². The van der Waals surface area contributed by atoms with Crippen LogP contribution in [0.25, 0.3) is 11.8 Å². The molecular weight excluding hydrogens is 381 g/mol. The molecule has 1 atom stereocenters. The first-order valence-corrected chi connectivity index (χ1v) is 9.79. The van der Waals surface area contributed by atoms with Gasteiger partial charge < -0.3 is 14.1 Å². The number of hydrogen-bond acceptors (Lipinski definition) is 4. The number of benzene rings is 2. The summed E-state index contributed by atoms with van der Waals surface area (Å²) in [6, 6.07) is 12.6. The van der Waals surface area contributed by atoms with Crippen LogP contribution in [-0.2, 0) is 10.3 Å². The van der Waals surface area contributed by atoms with E-state index in [1.54, 1.807) is 13.4 Å². The number of imidazole rings is 1. The molecule has 1 aliphatic rings. The lowest BCUT2D eigenvalue weighted by molar-refractivity contribution is 0.0828. The number of hydrogen-bond donors (Lipinski definition) is 0. The maximum atomic E-state index is 13.3. The smallest absolute Gasteiger partial charge is 0.143 e. The predicted molar refractivity (Wildman–Crippen MR) is 116 cm³/mol. The summed E-state index contributed by atoms with van der Waals surface area (Å²) >= 11 is 0. The Morgan fingerprint density at radius 1 is 1.17 bits per heavy atom. The molecule has 0 bridgehead atoms. The summed E-state index contributed by atoms with van der Waals surface area (Å²) in [6.45, 7) is 4.52. The number of nitrogens with zero attached hydrogens (tertiary/aromatic N) is 3. The Bertz CT molecular complexity index is 1100. The molecule has 5 nitrogen and oxygen atoms in total. The number of rotatable bonds is 5. The van der Waals surface area contributed by atoms with Crippen molar-refractivity contribution in [3.05, 3.63) is 83.7 Å². The van der Waals surface area contributed by atoms with E-state index in [0.717, 1.165) is 34.0 Å². The third-order valence-corrected chi connectivity index (χ3v) is 5.34. The molecule has 30 heavy (non-hydrogen) atoms. The van der Waals surface area contributed by atoms with Gasteiger partial charge in [0.2, 0.25) is 0 Å². The van der Waals surface area contributed by atoms with Gasteiger partial charge in [-0.05, 0) is 48.4 Å². The molecular formula is C24H24FN3O2. The molecule has 6 heteroatoms. The molecule has 0 N–H and O–H groups in total. The zero-order valence-electron chi connectivity index (χ0n) is 17.3. The van der Waals surface area contributed by atoms with Crippen molar-refractivity contribution in [3.63, 3.8) is 0 Å². The van der Waals surface area contributed by atoms with E-state index in [0.29, 0.717) is 13.0 Å². The van der Waals surface area contributed by atoms with Crippen LogP contribution in [0, 0.1) is 12.7 Å². The third kappa shape index (κ3) is 4.13. The van der Waals surface area contributed by atoms with E-state index in [4.69, 9.17) is 9.57 Å². The van der Waals surface area contributed by atoms with Crippen molar-refractivity contribution < 1.29 is 14.0 Å². The standard InChI is InChI=1S/C24H24FN3O2/c1-17-14-28(16-26-17)22-11-5-18(12-23(22)29-3)4-10-21-13-24(2,15-30-27-21)19-6-8-20(25)9-7-19/h4-12,14,16H,13,15H2,1-3H3/b10-4-. The van der Waals surface area contributed by atoms with E-state index in [1.807, 2.05) is 60.2 Å². The topological polar surface area (TPSA) is 48.6 Å². The van der Waals surface area contributed by atoms with Crippen LogP contribution >= 0.6 is 0 Å². The van der Waals surface area contributed by atoms with Crippen molar-refractivity contribution in [1.29, 1.82) is 0 Å². The average molecular weight is 405 g/mol. The van der Waals surface area contributed by atoms with Crippen molar-refractivity contribution in [2.75, 3.05) is 13.7 Å². The number of ether oxygens (including phenoxy) is 1. The van der Waals surface area contributed by atoms with E-state index in [-0.39, 0.29) is 11.2 Å². The van der Waals surface area contributed by atoms with Gasteiger partial charge in [-0.3, -0.25) is 0 Å². The van der Waals surface area contributed by atoms with Gasteiger partial charge in [0, 0.05) is 18.0 Å². The van der Waals surface area contributed by atoms with Gasteiger partial charge in [-0.2, -0.15) is 0 Å². The Morgan fingerprint density at radius 2 is 1.97 bits per heavy atom. The maximum absolute atomic E-state index is 13.3. The van der Waals surface area contributed by atoms with Gasteiger partial charge in [0.1, 0.15) is 18.2 Å². The Labute approximate surface area is 175 Å². The number of aromatic nitrogens is 2. The lowest BCUT2D eigenvalue weighted by Crippen LogP contribution is -2.33. The number of aryl methyl sites for hydroxylation is 1. The van der Waals surface area contributed by atoms with Crippen molar-refractivity contribution in [2.24, 2.45) is 5.16 Å². The SMILES string of the molecule is COc1cc(/C=C\C2=NOCC(C)(c3ccc(F)cc3)C2)ccc1-n1cnc(C)c1. The molecule has 0 saturated carbocycles. The van der Waals surface area contributed by atoms with Crippen LogP contribution in [0.5, 0.6) is 5.75 Å². The van der Waals surface area contributed by atoms with E-state index in [9.17, 15) is 4.39 Å². The lowest BCUT2D eigenvalue weighted by Gasteiger charge is -2.31. The van der Waals surface area contributed by atoms with Gasteiger partial charge in [0.15, 0.2) is 0 Å². The summed E-state index contributed by atoms with van der Waals surface area (Å²) in [7, 11) is 1.66. The first kappa shape index (κ1) is 19.9. The first-order valence-electron chi connectivity index (χ1n) is 9.79. The summed E-state index contributed by atoms with van der Waals surface area (Å²) in [6.07, 6.45) is 8.38. The molecule has 1 aliphatic heterocycles. The van der Waals surface area contributed by atoms with E-state index in [2.05, 4.69) is 17.1 Å². The lowest BCUT2D eigenvalue weighted by atomic mass is 9.78. The Hall–Kier alpha value is -3.41. The predicted octanol–water partition coefficient (Wildman–Crippen LogP) is 5.08. The fourth-order valence-corrected chi connectivity index (χ4v) is 3.62. The Balaban J connectivity index is 1.53. The zero-order chi connectivity index (χ0) is 21.1. The van der Waals surface area contributed by atoms with Crippen LogP contribution in [-0.4, -0.2) is 29.0 Å². The summed E-state index contributed by atoms with van der Waals surface area (Å²) in [4.78, 5) is 9.78. The second-order valence-electron chi connectivity index (χ2n) is 7.79. The first-order chi connectivity index (χ1) is 14.5. The molecule has 2 aromatic carbocycles. The molecule has 4 rings (SSSR count). The molecule has 0 spiro atoms. The van der Waals surface area contributed by atoms with Crippen LogP contribution < -0.4 is 4.74 Å². The van der Waals surface area contributed by atoms with E-state index in [1.165, 1.54) is 12.1 Å². The van der Waals surface area contributed by atoms with Crippen molar-refractivity contribution in [2.45, 2.75) is 25.7 Å². The van der Waals surface area contributed by atoms with Gasteiger partial charge in [-0.25, -0.2) is 9.37 Å². The van der Waals surface area contributed by atoms with Crippen molar-refractivity contribution >= 4 is 11.8 Å². The van der Waals surface area contributed by atoms with Gasteiger partial charge in [0.05, 0.1) is 30.5 Å². The molecule has 2 heterocycles. The van der Waals surface area contributed by atoms with E-state index < -0.39 is 0 Å². The second-order valence-corrected chi connectivity index (χ2v) is 7.79. The van der Waals surface area contributed by atoms with E-state index >= 15 is 0 Å². The Kier molecular flexibility index (Phi) is 5.40. The average Bonchev–Trinajstić information content (AvgIpc) is 3.18. The highest BCUT2D eigenvalue weighted by Gasteiger charge is 2.32. The summed E-state index contributed by atoms with van der Waals surface area (Å²) in [5.74, 6) is 0.517. The molecule has 0 radical (unpaired) electrons. The molecule has 1 unspecified atom stereocenters. The van der Waals surface area contributed by atoms with Gasteiger partial charge in [-0.1, -0.05) is 36.4 Å². The summed E-state index contributed by atoms with van der Waals surface area (Å²) < 4.78 is 20.8. The fourth-order valence-electron chi connectivity index (χ4n) is 3.62. The maximum Gasteiger partial charge on any atom is 0.143 e. The molecule has 0 amide bonds. The van der Waals surface area contributed by atoms with Crippen LogP contribution in [0.1, 0.15) is 30.2 Å². The molecule has 0 fully saturated rings. The largest absolute Gasteiger partial charge is 0.495 e. The Morgan fingerprint density at radius 3 is 2.67 bits per heavy atom. The van der Waals surface area contributed by atoms with Gasteiger partial charge in [-0.15, -0.1) is 0 Å². The highest BCUT2D eigenvalue weighted by Crippen LogP contribution is 2.32. The molecule has 154 valence electrons. The minimum absolute atomic E-state index is 0.240. The van der Waals surface area contributed by atoms with Crippen LogP contribution in [0.4, 0.5) is 4.39 Å². The second kappa shape index (κ2) is 8.14. The minimum Gasteiger partial charge on any atom is -0.495 e. The zero-order valence-corrected chi connectivity index (χ0v) is 17.3. The molecule has 1 aromatic heterocycles. The number of oxime groups is 1. The highest BCUT2D eigenvalue weighted by atomic mass is 19.1. The number of allylic oxidation sites excluding steroid dienone is 1. The third-order valence-electron chi connectivity index (χ3n) is 5.34. The molecule has 0 aliphatic carbocycles. The summed E-state index contributed by atoms with van der Waals surface area (Å²) in [5, 5.41) is 4.21. The minimum atomic E-state index is -0.254. The van der Waals surface area contributed by atoms with Gasteiger partial charge >= 0.3 is 0 Å². The fraction of sp³-hybridized carbons (Fsp3) is 0.250.